The molecule has 0 saturated carbocycles. The maximum atomic E-state index is 13.5. The number of nitrogens with zero attached hydrogens (tertiary/aromatic N) is 3. The van der Waals surface area contributed by atoms with Crippen molar-refractivity contribution in [3.63, 3.8) is 0 Å². The van der Waals surface area contributed by atoms with Gasteiger partial charge in [-0.15, -0.1) is 0 Å². The Kier molecular flexibility index (Phi) is 6.64. The van der Waals surface area contributed by atoms with Gasteiger partial charge in [0, 0.05) is 30.7 Å². The first-order valence-corrected chi connectivity index (χ1v) is 11.6. The van der Waals surface area contributed by atoms with Crippen molar-refractivity contribution < 1.29 is 23.2 Å². The number of rotatable bonds is 5. The summed E-state index contributed by atoms with van der Waals surface area (Å²) in [7, 11) is 0. The first-order chi connectivity index (χ1) is 16.5. The highest BCUT2D eigenvalue weighted by atomic mass is 35.5. The second-order valence-corrected chi connectivity index (χ2v) is 8.83. The van der Waals surface area contributed by atoms with Gasteiger partial charge in [-0.2, -0.15) is 4.98 Å². The topological polar surface area (TPSA) is 89.7 Å². The molecule has 2 aliphatic heterocycles. The van der Waals surface area contributed by atoms with Gasteiger partial charge in [-0.25, -0.2) is 4.39 Å². The van der Waals surface area contributed by atoms with E-state index in [0.29, 0.717) is 59.2 Å². The first kappa shape index (κ1) is 22.6. The Morgan fingerprint density at radius 2 is 2.00 bits per heavy atom. The molecule has 34 heavy (non-hydrogen) atoms. The summed E-state index contributed by atoms with van der Waals surface area (Å²) in [5, 5.41) is 7.28. The number of carbonyl (C=O) groups is 1. The predicted octanol–water partition coefficient (Wildman–Crippen LogP) is 4.51. The smallest absolute Gasteiger partial charge is 0.238 e. The number of fused-ring (bicyclic) bond motifs is 1. The van der Waals surface area contributed by atoms with Crippen LogP contribution in [-0.2, 0) is 4.79 Å². The summed E-state index contributed by atoms with van der Waals surface area (Å²) < 4.78 is 30.3. The number of amides is 1. The summed E-state index contributed by atoms with van der Waals surface area (Å²) in [6.07, 6.45) is 2.55. The van der Waals surface area contributed by atoms with Crippen molar-refractivity contribution in [2.75, 3.05) is 38.2 Å². The quantitative estimate of drug-likeness (QED) is 0.567. The van der Waals surface area contributed by atoms with E-state index in [9.17, 15) is 9.18 Å². The van der Waals surface area contributed by atoms with Gasteiger partial charge in [0.2, 0.25) is 17.6 Å². The number of hydrogen-bond acceptors (Lipinski definition) is 7. The van der Waals surface area contributed by atoms with Crippen molar-refractivity contribution in [2.45, 2.75) is 25.2 Å². The second-order valence-electron chi connectivity index (χ2n) is 8.42. The van der Waals surface area contributed by atoms with Gasteiger partial charge < -0.3 is 19.3 Å². The maximum Gasteiger partial charge on any atom is 0.238 e. The van der Waals surface area contributed by atoms with Gasteiger partial charge in [0.15, 0.2) is 11.5 Å². The molecule has 0 bridgehead atoms. The van der Waals surface area contributed by atoms with E-state index in [2.05, 4.69) is 15.5 Å². The van der Waals surface area contributed by atoms with E-state index in [1.807, 2.05) is 4.90 Å². The van der Waals surface area contributed by atoms with Gasteiger partial charge in [0.25, 0.3) is 0 Å². The standard InChI is InChI=1S/C24H24ClFN4O4/c25-18-11-20-21(33-9-3-8-32-20)12-19(18)27-22(31)14-30-7-2-5-16(13-30)24-28-23(29-34-24)15-4-1-6-17(26)10-15/h1,4,6,10-12,16H,2-3,5,7-9,13-14H2,(H,27,31). The Balaban J connectivity index is 1.21. The van der Waals surface area contributed by atoms with Crippen LogP contribution in [0.4, 0.5) is 10.1 Å². The lowest BCUT2D eigenvalue weighted by Crippen LogP contribution is -2.39. The van der Waals surface area contributed by atoms with Crippen molar-refractivity contribution in [1.29, 1.82) is 0 Å². The Bertz CT molecular complexity index is 1190. The summed E-state index contributed by atoms with van der Waals surface area (Å²) in [5.74, 6) is 1.47. The van der Waals surface area contributed by atoms with Crippen LogP contribution in [-0.4, -0.2) is 53.8 Å². The lowest BCUT2D eigenvalue weighted by molar-refractivity contribution is -0.117. The molecule has 178 valence electrons. The lowest BCUT2D eigenvalue weighted by Gasteiger charge is -2.30. The molecule has 0 spiro atoms. The predicted molar refractivity (Wildman–Crippen MR) is 124 cm³/mol. The van der Waals surface area contributed by atoms with Gasteiger partial charge in [0.05, 0.1) is 36.4 Å². The molecule has 2 aliphatic rings. The Hall–Kier alpha value is -3.17. The van der Waals surface area contributed by atoms with E-state index >= 15 is 0 Å². The third kappa shape index (κ3) is 5.15. The molecule has 3 heterocycles. The molecule has 2 aromatic carbocycles. The molecule has 0 radical (unpaired) electrons. The Labute approximate surface area is 201 Å². The van der Waals surface area contributed by atoms with E-state index < -0.39 is 0 Å². The molecular formula is C24H24ClFN4O4. The number of piperidine rings is 1. The van der Waals surface area contributed by atoms with Crippen LogP contribution in [0.2, 0.25) is 5.02 Å². The van der Waals surface area contributed by atoms with Crippen molar-refractivity contribution in [3.8, 4) is 22.9 Å². The van der Waals surface area contributed by atoms with Crippen molar-refractivity contribution in [3.05, 3.63) is 53.1 Å². The average Bonchev–Trinajstić information content (AvgIpc) is 3.21. The normalized spacial score (nSPS) is 18.4. The number of nitrogens with one attached hydrogen (secondary N) is 1. The summed E-state index contributed by atoms with van der Waals surface area (Å²) in [5.41, 5.74) is 1.05. The number of hydrogen-bond donors (Lipinski definition) is 1. The lowest BCUT2D eigenvalue weighted by atomic mass is 9.98. The number of aromatic nitrogens is 2. The van der Waals surface area contributed by atoms with E-state index in [4.69, 9.17) is 25.6 Å². The first-order valence-electron chi connectivity index (χ1n) is 11.3. The SMILES string of the molecule is O=C(CN1CCCC(c2nc(-c3cccc(F)c3)no2)C1)Nc1cc2c(cc1Cl)OCCCO2. The Morgan fingerprint density at radius 1 is 1.18 bits per heavy atom. The minimum atomic E-state index is -0.354. The van der Waals surface area contributed by atoms with Gasteiger partial charge in [-0.1, -0.05) is 28.9 Å². The van der Waals surface area contributed by atoms with E-state index in [-0.39, 0.29) is 24.2 Å². The molecule has 1 N–H and O–H groups in total. The van der Waals surface area contributed by atoms with Gasteiger partial charge in [-0.3, -0.25) is 9.69 Å². The number of ether oxygens (including phenoxy) is 2. The molecule has 8 nitrogen and oxygen atoms in total. The Morgan fingerprint density at radius 3 is 2.82 bits per heavy atom. The van der Waals surface area contributed by atoms with Crippen LogP contribution >= 0.6 is 11.6 Å². The summed E-state index contributed by atoms with van der Waals surface area (Å²) >= 11 is 6.35. The zero-order valence-corrected chi connectivity index (χ0v) is 19.2. The highest BCUT2D eigenvalue weighted by Crippen LogP contribution is 2.37. The molecule has 1 unspecified atom stereocenters. The molecule has 1 saturated heterocycles. The van der Waals surface area contributed by atoms with Crippen molar-refractivity contribution >= 4 is 23.2 Å². The number of anilines is 1. The van der Waals surface area contributed by atoms with Gasteiger partial charge in [0.1, 0.15) is 5.82 Å². The van der Waals surface area contributed by atoms with E-state index in [1.54, 1.807) is 24.3 Å². The minimum absolute atomic E-state index is 0.00186. The highest BCUT2D eigenvalue weighted by molar-refractivity contribution is 6.34. The molecule has 1 atom stereocenters. The molecule has 1 fully saturated rings. The second kappa shape index (κ2) is 9.99. The van der Waals surface area contributed by atoms with Crippen LogP contribution < -0.4 is 14.8 Å². The van der Waals surface area contributed by atoms with E-state index in [1.165, 1.54) is 12.1 Å². The fourth-order valence-electron chi connectivity index (χ4n) is 4.22. The monoisotopic (exact) mass is 486 g/mol. The summed E-state index contributed by atoms with van der Waals surface area (Å²) in [6.45, 7) is 2.70. The third-order valence-electron chi connectivity index (χ3n) is 5.86. The van der Waals surface area contributed by atoms with Crippen molar-refractivity contribution in [2.24, 2.45) is 0 Å². The molecule has 0 aliphatic carbocycles. The fraction of sp³-hybridized carbons (Fsp3) is 0.375. The minimum Gasteiger partial charge on any atom is -0.490 e. The zero-order chi connectivity index (χ0) is 23.5. The molecule has 1 aromatic heterocycles. The largest absolute Gasteiger partial charge is 0.490 e. The van der Waals surface area contributed by atoms with Crippen LogP contribution in [0.1, 0.15) is 31.1 Å². The van der Waals surface area contributed by atoms with Crippen LogP contribution in [0.5, 0.6) is 11.5 Å². The summed E-state index contributed by atoms with van der Waals surface area (Å²) in [6, 6.07) is 9.45. The molecular weight excluding hydrogens is 463 g/mol. The van der Waals surface area contributed by atoms with Crippen molar-refractivity contribution in [1.82, 2.24) is 15.0 Å². The number of carbonyl (C=O) groups excluding carboxylic acids is 1. The van der Waals surface area contributed by atoms with Crippen LogP contribution in [0.3, 0.4) is 0 Å². The maximum absolute atomic E-state index is 13.5. The van der Waals surface area contributed by atoms with Gasteiger partial charge in [-0.05, 0) is 31.5 Å². The zero-order valence-electron chi connectivity index (χ0n) is 18.4. The third-order valence-corrected chi connectivity index (χ3v) is 6.17. The fourth-order valence-corrected chi connectivity index (χ4v) is 4.42. The van der Waals surface area contributed by atoms with Crippen LogP contribution in [0.15, 0.2) is 40.9 Å². The molecule has 5 rings (SSSR count). The average molecular weight is 487 g/mol. The molecule has 3 aromatic rings. The number of halogens is 2. The van der Waals surface area contributed by atoms with E-state index in [0.717, 1.165) is 25.8 Å². The number of likely N-dealkylation sites (tertiary alicyclic amines) is 1. The number of benzene rings is 2. The molecule has 1 amide bonds. The molecule has 10 heteroatoms. The van der Waals surface area contributed by atoms with Gasteiger partial charge >= 0.3 is 0 Å². The van der Waals surface area contributed by atoms with Crippen LogP contribution in [0.25, 0.3) is 11.4 Å². The summed E-state index contributed by atoms with van der Waals surface area (Å²) in [4.78, 5) is 19.3. The highest BCUT2D eigenvalue weighted by Gasteiger charge is 2.27. The van der Waals surface area contributed by atoms with Crippen LogP contribution in [0, 0.1) is 5.82 Å².